The molecule has 2 aromatic rings. The number of ether oxygens (including phenoxy) is 1. The molecular formula is C18H21N2O2W-. The standard InChI is InChI=1S/C18H21N2O2.W/c1-14-12-17(18(21)13-19-8-10-22-11-9-19)15(2)20(14)16-6-4-3-5-7-16;/h4-7,12H,8-11,13H2,1-2H3;/q-1;. The number of hydrogen-bond acceptors (Lipinski definition) is 3. The van der Waals surface area contributed by atoms with Crippen LogP contribution in [-0.4, -0.2) is 48.1 Å². The van der Waals surface area contributed by atoms with Crippen LogP contribution in [0.5, 0.6) is 0 Å². The van der Waals surface area contributed by atoms with Crippen molar-refractivity contribution in [2.75, 3.05) is 32.8 Å². The van der Waals surface area contributed by atoms with Gasteiger partial charge in [0, 0.05) is 51.1 Å². The molecule has 1 aromatic carbocycles. The Balaban J connectivity index is 0.00000192. The molecule has 0 amide bonds. The molecule has 0 N–H and O–H groups in total. The van der Waals surface area contributed by atoms with Gasteiger partial charge in [0.1, 0.15) is 0 Å². The number of aromatic nitrogens is 1. The van der Waals surface area contributed by atoms with Crippen LogP contribution in [0.15, 0.2) is 30.3 Å². The van der Waals surface area contributed by atoms with Gasteiger partial charge in [0.15, 0.2) is 5.78 Å². The second-order valence-electron chi connectivity index (χ2n) is 5.69. The van der Waals surface area contributed by atoms with Gasteiger partial charge in [-0.1, -0.05) is 5.69 Å². The molecule has 0 radical (unpaired) electrons. The molecule has 2 heterocycles. The maximum atomic E-state index is 12.6. The Bertz CT molecular complexity index is 661. The van der Waals surface area contributed by atoms with E-state index in [2.05, 4.69) is 15.5 Å². The van der Waals surface area contributed by atoms with E-state index in [9.17, 15) is 4.79 Å². The number of benzene rings is 1. The maximum Gasteiger partial charge on any atom is 0.178 e. The summed E-state index contributed by atoms with van der Waals surface area (Å²) in [6.45, 7) is 7.61. The van der Waals surface area contributed by atoms with E-state index in [4.69, 9.17) is 4.74 Å². The van der Waals surface area contributed by atoms with Crippen LogP contribution in [0.4, 0.5) is 0 Å². The van der Waals surface area contributed by atoms with Crippen molar-refractivity contribution in [3.63, 3.8) is 0 Å². The Morgan fingerprint density at radius 3 is 2.52 bits per heavy atom. The van der Waals surface area contributed by atoms with Gasteiger partial charge in [-0.25, -0.2) is 0 Å². The second kappa shape index (κ2) is 8.05. The number of carbonyl (C=O) groups excluding carboxylic acids is 1. The molecule has 4 nitrogen and oxygen atoms in total. The van der Waals surface area contributed by atoms with Crippen LogP contribution in [-0.2, 0) is 25.8 Å². The first kappa shape index (κ1) is 18.1. The summed E-state index contributed by atoms with van der Waals surface area (Å²) in [7, 11) is 0. The van der Waals surface area contributed by atoms with Crippen molar-refractivity contribution in [3.05, 3.63) is 53.3 Å². The van der Waals surface area contributed by atoms with Crippen molar-refractivity contribution >= 4 is 5.78 Å². The van der Waals surface area contributed by atoms with Crippen LogP contribution in [0.25, 0.3) is 5.69 Å². The zero-order valence-corrected chi connectivity index (χ0v) is 16.5. The molecule has 0 bridgehead atoms. The number of morpholine rings is 1. The Labute approximate surface area is 151 Å². The van der Waals surface area contributed by atoms with E-state index in [-0.39, 0.29) is 26.8 Å². The van der Waals surface area contributed by atoms with Gasteiger partial charge in [-0.2, -0.15) is 18.2 Å². The monoisotopic (exact) mass is 481 g/mol. The molecule has 122 valence electrons. The number of ketones is 1. The first-order valence-electron chi connectivity index (χ1n) is 7.65. The summed E-state index contributed by atoms with van der Waals surface area (Å²) < 4.78 is 7.46. The summed E-state index contributed by atoms with van der Waals surface area (Å²) in [5.74, 6) is 0.184. The fourth-order valence-corrected chi connectivity index (χ4v) is 3.02. The van der Waals surface area contributed by atoms with Gasteiger partial charge >= 0.3 is 0 Å². The second-order valence-corrected chi connectivity index (χ2v) is 5.69. The van der Waals surface area contributed by atoms with Crippen molar-refractivity contribution < 1.29 is 30.6 Å². The van der Waals surface area contributed by atoms with Crippen molar-refractivity contribution in [1.82, 2.24) is 9.47 Å². The van der Waals surface area contributed by atoms with E-state index < -0.39 is 0 Å². The fraction of sp³-hybridized carbons (Fsp3) is 0.389. The van der Waals surface area contributed by atoms with Gasteiger partial charge in [-0.3, -0.25) is 9.69 Å². The third kappa shape index (κ3) is 4.00. The van der Waals surface area contributed by atoms with Gasteiger partial charge in [0.05, 0.1) is 19.8 Å². The number of Topliss-reactive ketones (excluding diaryl/α,β-unsaturated/α-hetero) is 1. The smallest absolute Gasteiger partial charge is 0.178 e. The zero-order chi connectivity index (χ0) is 15.5. The summed E-state index contributed by atoms with van der Waals surface area (Å²) in [4.78, 5) is 14.8. The van der Waals surface area contributed by atoms with Crippen molar-refractivity contribution in [2.45, 2.75) is 13.8 Å². The molecular weight excluding hydrogens is 460 g/mol. The molecule has 0 saturated carbocycles. The van der Waals surface area contributed by atoms with E-state index >= 15 is 0 Å². The largest absolute Gasteiger partial charge is 0.379 e. The number of carbonyl (C=O) groups is 1. The van der Waals surface area contributed by atoms with E-state index in [0.717, 1.165) is 35.7 Å². The molecule has 0 unspecified atom stereocenters. The van der Waals surface area contributed by atoms with Crippen molar-refractivity contribution in [2.24, 2.45) is 0 Å². The van der Waals surface area contributed by atoms with Gasteiger partial charge < -0.3 is 9.30 Å². The fourth-order valence-electron chi connectivity index (χ4n) is 3.02. The van der Waals surface area contributed by atoms with Gasteiger partial charge in [0.25, 0.3) is 0 Å². The molecule has 1 aliphatic rings. The van der Waals surface area contributed by atoms with E-state index in [1.54, 1.807) is 0 Å². The van der Waals surface area contributed by atoms with Crippen LogP contribution < -0.4 is 0 Å². The van der Waals surface area contributed by atoms with Gasteiger partial charge in [-0.05, 0) is 19.9 Å². The van der Waals surface area contributed by atoms with E-state index in [1.807, 2.05) is 44.2 Å². The first-order valence-corrected chi connectivity index (χ1v) is 7.65. The molecule has 3 rings (SSSR count). The summed E-state index contributed by atoms with van der Waals surface area (Å²) in [5, 5.41) is 0. The average Bonchev–Trinajstić information content (AvgIpc) is 2.84. The number of hydrogen-bond donors (Lipinski definition) is 0. The molecule has 0 spiro atoms. The Morgan fingerprint density at radius 2 is 1.87 bits per heavy atom. The number of nitrogens with zero attached hydrogens (tertiary/aromatic N) is 2. The van der Waals surface area contributed by atoms with Crippen molar-refractivity contribution in [1.29, 1.82) is 0 Å². The van der Waals surface area contributed by atoms with E-state index in [0.29, 0.717) is 19.8 Å². The predicted octanol–water partition coefficient (Wildman–Crippen LogP) is 2.41. The third-order valence-corrected chi connectivity index (χ3v) is 4.16. The van der Waals surface area contributed by atoms with Crippen molar-refractivity contribution in [3.8, 4) is 5.69 Å². The summed E-state index contributed by atoms with van der Waals surface area (Å²) >= 11 is 0. The SMILES string of the molecule is Cc1cc(C(=O)CN2CCOCC2)c(C)n1-c1cc[c-]cc1.[W]. The Hall–Kier alpha value is -1.22. The quantitative estimate of drug-likeness (QED) is 0.497. The minimum absolute atomic E-state index is 0. The normalized spacial score (nSPS) is 15.2. The molecule has 1 aliphatic heterocycles. The number of rotatable bonds is 4. The van der Waals surface area contributed by atoms with E-state index in [1.165, 1.54) is 0 Å². The molecule has 23 heavy (non-hydrogen) atoms. The molecule has 1 aromatic heterocycles. The topological polar surface area (TPSA) is 34.5 Å². The number of aryl methyl sites for hydroxylation is 1. The summed E-state index contributed by atoms with van der Waals surface area (Å²) in [5.41, 5.74) is 3.96. The van der Waals surface area contributed by atoms with Crippen LogP contribution in [0, 0.1) is 19.9 Å². The summed E-state index contributed by atoms with van der Waals surface area (Å²) in [6, 6.07) is 12.8. The Kier molecular flexibility index (Phi) is 6.34. The van der Waals surface area contributed by atoms with Crippen LogP contribution in [0.2, 0.25) is 0 Å². The van der Waals surface area contributed by atoms with Gasteiger partial charge in [0.2, 0.25) is 0 Å². The van der Waals surface area contributed by atoms with Crippen LogP contribution in [0.1, 0.15) is 21.7 Å². The molecule has 1 saturated heterocycles. The van der Waals surface area contributed by atoms with Crippen LogP contribution in [0.3, 0.4) is 0 Å². The Morgan fingerprint density at radius 1 is 1.22 bits per heavy atom. The minimum Gasteiger partial charge on any atom is -0.379 e. The zero-order valence-electron chi connectivity index (χ0n) is 13.5. The minimum atomic E-state index is 0. The predicted molar refractivity (Wildman–Crippen MR) is 85.7 cm³/mol. The van der Waals surface area contributed by atoms with Gasteiger partial charge in [-0.15, -0.1) is 12.1 Å². The molecule has 0 atom stereocenters. The molecule has 5 heteroatoms. The maximum absolute atomic E-state index is 12.6. The third-order valence-electron chi connectivity index (χ3n) is 4.16. The summed E-state index contributed by atoms with van der Waals surface area (Å²) in [6.07, 6.45) is 0. The molecule has 1 fully saturated rings. The first-order chi connectivity index (χ1) is 10.7. The van der Waals surface area contributed by atoms with Crippen LogP contribution >= 0.6 is 0 Å². The average molecular weight is 481 g/mol. The molecule has 0 aliphatic carbocycles.